The molecule has 0 amide bonds. The lowest BCUT2D eigenvalue weighted by atomic mass is 10.2. The van der Waals surface area contributed by atoms with Crippen LogP contribution < -0.4 is 10.9 Å². The van der Waals surface area contributed by atoms with Gasteiger partial charge in [0, 0.05) is 11.9 Å². The van der Waals surface area contributed by atoms with Crippen LogP contribution in [0.2, 0.25) is 0 Å². The van der Waals surface area contributed by atoms with E-state index in [0.717, 1.165) is 11.3 Å². The van der Waals surface area contributed by atoms with Gasteiger partial charge in [0.05, 0.1) is 17.5 Å². The first-order valence-electron chi connectivity index (χ1n) is 8.80. The molecule has 0 aliphatic carbocycles. The van der Waals surface area contributed by atoms with Crippen molar-refractivity contribution in [1.29, 1.82) is 0 Å². The first-order chi connectivity index (χ1) is 13.6. The van der Waals surface area contributed by atoms with E-state index in [1.54, 1.807) is 25.3 Å². The van der Waals surface area contributed by atoms with E-state index in [0.29, 0.717) is 35.6 Å². The number of rotatable bonds is 4. The van der Waals surface area contributed by atoms with Gasteiger partial charge in [0.1, 0.15) is 5.82 Å². The zero-order valence-electron chi connectivity index (χ0n) is 15.6. The summed E-state index contributed by atoms with van der Waals surface area (Å²) in [7, 11) is 0. The summed E-state index contributed by atoms with van der Waals surface area (Å²) in [5, 5.41) is 3.85. The van der Waals surface area contributed by atoms with Gasteiger partial charge in [0.2, 0.25) is 5.78 Å². The van der Waals surface area contributed by atoms with E-state index in [-0.39, 0.29) is 5.56 Å². The van der Waals surface area contributed by atoms with Gasteiger partial charge < -0.3 is 10.1 Å². The van der Waals surface area contributed by atoms with Crippen LogP contribution in [0, 0.1) is 6.92 Å². The Morgan fingerprint density at radius 2 is 1.82 bits per heavy atom. The Bertz CT molecular complexity index is 1170. The summed E-state index contributed by atoms with van der Waals surface area (Å²) < 4.78 is 5.62. The molecule has 0 spiro atoms. The maximum Gasteiger partial charge on any atom is 0.293 e. The molecule has 4 rings (SSSR count). The molecular formula is C21H20N4O3. The topological polar surface area (TPSA) is 85.6 Å². The standard InChI is InChI=1S/C18H14N4O.C3H6O2/c1-12-6-2-4-8-14(12)19-16-10-11-22-17(23)13-7-3-5-9-15(13)20-18(22)21-16;1-2-5-3-4/h2-11H,1H3,(H,19,20,21);3H,2H2,1H3. The average molecular weight is 376 g/mol. The quantitative estimate of drug-likeness (QED) is 0.434. The van der Waals surface area contributed by atoms with E-state index in [9.17, 15) is 9.59 Å². The fourth-order valence-electron chi connectivity index (χ4n) is 2.63. The number of nitrogens with zero attached hydrogens (tertiary/aromatic N) is 3. The maximum absolute atomic E-state index is 12.5. The molecule has 0 fully saturated rings. The predicted molar refractivity (Wildman–Crippen MR) is 109 cm³/mol. The molecule has 0 radical (unpaired) electrons. The van der Waals surface area contributed by atoms with E-state index in [4.69, 9.17) is 0 Å². The van der Waals surface area contributed by atoms with Gasteiger partial charge in [-0.1, -0.05) is 30.3 Å². The fourth-order valence-corrected chi connectivity index (χ4v) is 2.63. The van der Waals surface area contributed by atoms with E-state index in [2.05, 4.69) is 20.0 Å². The molecule has 2 heterocycles. The highest BCUT2D eigenvalue weighted by atomic mass is 16.5. The number of aryl methyl sites for hydroxylation is 1. The summed E-state index contributed by atoms with van der Waals surface area (Å²) >= 11 is 0. The lowest BCUT2D eigenvalue weighted by molar-refractivity contribution is -0.128. The van der Waals surface area contributed by atoms with Gasteiger partial charge in [0.25, 0.3) is 12.0 Å². The van der Waals surface area contributed by atoms with E-state index < -0.39 is 0 Å². The molecule has 28 heavy (non-hydrogen) atoms. The number of para-hydroxylation sites is 2. The number of carbonyl (C=O) groups excluding carboxylic acids is 1. The SMILES string of the molecule is CCOC=O.Cc1ccccc1Nc1ccn2c(=O)c3ccccc3nc2n1. The summed E-state index contributed by atoms with van der Waals surface area (Å²) in [4.78, 5) is 30.6. The summed E-state index contributed by atoms with van der Waals surface area (Å²) in [6, 6.07) is 17.0. The van der Waals surface area contributed by atoms with Gasteiger partial charge in [-0.3, -0.25) is 14.0 Å². The van der Waals surface area contributed by atoms with Crippen molar-refractivity contribution in [2.45, 2.75) is 13.8 Å². The Hall–Kier alpha value is -3.74. The van der Waals surface area contributed by atoms with Crippen LogP contribution in [0.15, 0.2) is 65.6 Å². The third-order valence-corrected chi connectivity index (χ3v) is 4.03. The van der Waals surface area contributed by atoms with Crippen molar-refractivity contribution < 1.29 is 9.53 Å². The van der Waals surface area contributed by atoms with Gasteiger partial charge in [-0.15, -0.1) is 0 Å². The minimum absolute atomic E-state index is 0.111. The van der Waals surface area contributed by atoms with Crippen molar-refractivity contribution in [2.24, 2.45) is 0 Å². The van der Waals surface area contributed by atoms with Crippen LogP contribution in [0.1, 0.15) is 12.5 Å². The molecule has 0 aliphatic heterocycles. The number of benzene rings is 2. The second-order valence-corrected chi connectivity index (χ2v) is 5.91. The number of hydrogen-bond acceptors (Lipinski definition) is 6. The molecule has 0 bridgehead atoms. The molecular weight excluding hydrogens is 356 g/mol. The van der Waals surface area contributed by atoms with Crippen LogP contribution >= 0.6 is 0 Å². The summed E-state index contributed by atoms with van der Waals surface area (Å²) in [6.45, 7) is 4.69. The number of hydrogen-bond donors (Lipinski definition) is 1. The molecule has 4 aromatic rings. The van der Waals surface area contributed by atoms with E-state index in [1.807, 2.05) is 49.4 Å². The Morgan fingerprint density at radius 1 is 1.07 bits per heavy atom. The van der Waals surface area contributed by atoms with Crippen molar-refractivity contribution >= 4 is 34.7 Å². The molecule has 0 saturated carbocycles. The van der Waals surface area contributed by atoms with Crippen molar-refractivity contribution in [2.75, 3.05) is 11.9 Å². The molecule has 0 unspecified atom stereocenters. The van der Waals surface area contributed by atoms with Gasteiger partial charge in [0.15, 0.2) is 0 Å². The molecule has 142 valence electrons. The molecule has 0 atom stereocenters. The van der Waals surface area contributed by atoms with Gasteiger partial charge in [-0.2, -0.15) is 4.98 Å². The Kier molecular flexibility index (Phi) is 5.96. The Labute approximate surface area is 161 Å². The van der Waals surface area contributed by atoms with Crippen molar-refractivity contribution in [1.82, 2.24) is 14.4 Å². The van der Waals surface area contributed by atoms with Gasteiger partial charge >= 0.3 is 0 Å². The zero-order chi connectivity index (χ0) is 19.9. The van der Waals surface area contributed by atoms with E-state index >= 15 is 0 Å². The number of carbonyl (C=O) groups is 1. The van der Waals surface area contributed by atoms with Crippen LogP contribution in [-0.4, -0.2) is 27.4 Å². The van der Waals surface area contributed by atoms with Crippen LogP contribution in [0.25, 0.3) is 16.7 Å². The van der Waals surface area contributed by atoms with E-state index in [1.165, 1.54) is 4.40 Å². The highest BCUT2D eigenvalue weighted by Crippen LogP contribution is 2.18. The highest BCUT2D eigenvalue weighted by Gasteiger charge is 2.07. The number of fused-ring (bicyclic) bond motifs is 2. The summed E-state index contributed by atoms with van der Waals surface area (Å²) in [5.41, 5.74) is 2.64. The molecule has 7 nitrogen and oxygen atoms in total. The average Bonchev–Trinajstić information content (AvgIpc) is 2.71. The van der Waals surface area contributed by atoms with Gasteiger partial charge in [-0.25, -0.2) is 4.98 Å². The summed E-state index contributed by atoms with van der Waals surface area (Å²) in [5.74, 6) is 1.04. The smallest absolute Gasteiger partial charge is 0.293 e. The monoisotopic (exact) mass is 376 g/mol. The third-order valence-electron chi connectivity index (χ3n) is 4.03. The van der Waals surface area contributed by atoms with Crippen LogP contribution in [-0.2, 0) is 9.53 Å². The summed E-state index contributed by atoms with van der Waals surface area (Å²) in [6.07, 6.45) is 1.70. The number of ether oxygens (including phenoxy) is 1. The van der Waals surface area contributed by atoms with Gasteiger partial charge in [-0.05, 0) is 43.7 Å². The molecule has 0 aliphatic rings. The van der Waals surface area contributed by atoms with Crippen LogP contribution in [0.3, 0.4) is 0 Å². The third kappa shape index (κ3) is 4.15. The number of anilines is 2. The van der Waals surface area contributed by atoms with Crippen LogP contribution in [0.5, 0.6) is 0 Å². The first-order valence-corrected chi connectivity index (χ1v) is 8.80. The second-order valence-electron chi connectivity index (χ2n) is 5.91. The Balaban J connectivity index is 0.000000403. The zero-order valence-corrected chi connectivity index (χ0v) is 15.6. The fraction of sp³-hybridized carbons (Fsp3) is 0.143. The maximum atomic E-state index is 12.5. The molecule has 2 aromatic heterocycles. The minimum atomic E-state index is -0.111. The molecule has 1 N–H and O–H groups in total. The number of aromatic nitrogens is 3. The predicted octanol–water partition coefficient (Wildman–Crippen LogP) is 3.47. The second kappa shape index (κ2) is 8.77. The lowest BCUT2D eigenvalue weighted by Crippen LogP contribution is -2.16. The molecule has 2 aromatic carbocycles. The normalized spacial score (nSPS) is 10.2. The van der Waals surface area contributed by atoms with Crippen molar-refractivity contribution in [3.63, 3.8) is 0 Å². The van der Waals surface area contributed by atoms with Crippen molar-refractivity contribution in [3.8, 4) is 0 Å². The molecule has 0 saturated heterocycles. The van der Waals surface area contributed by atoms with Crippen LogP contribution in [0.4, 0.5) is 11.5 Å². The highest BCUT2D eigenvalue weighted by molar-refractivity contribution is 5.79. The largest absolute Gasteiger partial charge is 0.468 e. The van der Waals surface area contributed by atoms with Crippen molar-refractivity contribution in [3.05, 3.63) is 76.7 Å². The lowest BCUT2D eigenvalue weighted by Gasteiger charge is -2.09. The first kappa shape index (κ1) is 19.0. The minimum Gasteiger partial charge on any atom is -0.468 e. The molecule has 7 heteroatoms. The number of nitrogens with one attached hydrogen (secondary N) is 1. The Morgan fingerprint density at radius 3 is 2.54 bits per heavy atom.